The number of ether oxygens (including phenoxy) is 3. The van der Waals surface area contributed by atoms with Gasteiger partial charge in [-0.15, -0.1) is 0 Å². The van der Waals surface area contributed by atoms with Crippen molar-refractivity contribution in [2.24, 2.45) is 0 Å². The molecule has 0 N–H and O–H groups in total. The van der Waals surface area contributed by atoms with Gasteiger partial charge in [-0.3, -0.25) is 4.79 Å². The van der Waals surface area contributed by atoms with E-state index in [4.69, 9.17) is 18.6 Å². The molecule has 1 atom stereocenters. The van der Waals surface area contributed by atoms with Gasteiger partial charge in [0.05, 0.1) is 6.10 Å². The first-order valence-electron chi connectivity index (χ1n) is 9.42. The van der Waals surface area contributed by atoms with Gasteiger partial charge in [-0.1, -0.05) is 12.1 Å². The van der Waals surface area contributed by atoms with Gasteiger partial charge >= 0.3 is 5.63 Å². The number of rotatable bonds is 3. The number of hydrogen-bond donors (Lipinski definition) is 0. The lowest BCUT2D eigenvalue weighted by atomic mass is 10.0. The Balaban J connectivity index is 1.54. The van der Waals surface area contributed by atoms with E-state index in [1.165, 1.54) is 0 Å². The number of nitrogens with zero attached hydrogens (tertiary/aromatic N) is 1. The second kappa shape index (κ2) is 7.67. The fourth-order valence-corrected chi connectivity index (χ4v) is 3.66. The van der Waals surface area contributed by atoms with E-state index in [-0.39, 0.29) is 24.2 Å². The lowest BCUT2D eigenvalue weighted by molar-refractivity contribution is 0.0346. The topological polar surface area (TPSA) is 78.2 Å². The van der Waals surface area contributed by atoms with Gasteiger partial charge in [0.25, 0.3) is 5.91 Å². The Bertz CT molecular complexity index is 929. The highest BCUT2D eigenvalue weighted by molar-refractivity contribution is 5.95. The average Bonchev–Trinajstić information content (AvgIpc) is 2.72. The summed E-state index contributed by atoms with van der Waals surface area (Å²) < 4.78 is 22.4. The summed E-state index contributed by atoms with van der Waals surface area (Å²) in [6.45, 7) is 3.10. The van der Waals surface area contributed by atoms with Gasteiger partial charge in [-0.25, -0.2) is 4.79 Å². The van der Waals surface area contributed by atoms with Gasteiger partial charge in [0, 0.05) is 20.2 Å². The number of amides is 1. The fraction of sp³-hybridized carbons (Fsp3) is 0.429. The molecule has 148 valence electrons. The second-order valence-corrected chi connectivity index (χ2v) is 7.09. The lowest BCUT2D eigenvalue weighted by Crippen LogP contribution is -2.42. The minimum atomic E-state index is -0.642. The Kier molecular flexibility index (Phi) is 5.09. The number of methoxy groups -OCH3 is 1. The molecule has 1 aromatic heterocycles. The molecule has 0 spiro atoms. The lowest BCUT2D eigenvalue weighted by Gasteiger charge is -2.31. The number of benzene rings is 1. The average molecular weight is 385 g/mol. The van der Waals surface area contributed by atoms with E-state index in [1.54, 1.807) is 31.1 Å². The first-order valence-corrected chi connectivity index (χ1v) is 9.42. The van der Waals surface area contributed by atoms with E-state index in [0.29, 0.717) is 35.9 Å². The third kappa shape index (κ3) is 3.49. The number of fused-ring (bicyclic) bond motifs is 1. The predicted molar refractivity (Wildman–Crippen MR) is 101 cm³/mol. The maximum Gasteiger partial charge on any atom is 0.349 e. The van der Waals surface area contributed by atoms with Crippen molar-refractivity contribution in [3.8, 4) is 11.5 Å². The maximum atomic E-state index is 12.9. The highest BCUT2D eigenvalue weighted by Gasteiger charge is 2.30. The summed E-state index contributed by atoms with van der Waals surface area (Å²) in [5.74, 6) is 1.31. The van der Waals surface area contributed by atoms with Crippen molar-refractivity contribution in [2.45, 2.75) is 32.0 Å². The number of piperidine rings is 1. The van der Waals surface area contributed by atoms with E-state index < -0.39 is 11.7 Å². The maximum absolute atomic E-state index is 12.9. The highest BCUT2D eigenvalue weighted by atomic mass is 16.6. The van der Waals surface area contributed by atoms with E-state index >= 15 is 0 Å². The molecule has 7 nitrogen and oxygen atoms in total. The van der Waals surface area contributed by atoms with Gasteiger partial charge in [-0.05, 0) is 43.5 Å². The van der Waals surface area contributed by atoms with Crippen LogP contribution in [0.3, 0.4) is 0 Å². The Hall–Kier alpha value is -2.80. The molecule has 1 amide bonds. The summed E-state index contributed by atoms with van der Waals surface area (Å²) in [6, 6.07) is 9.02. The Labute approximate surface area is 162 Å². The highest BCUT2D eigenvalue weighted by Crippen LogP contribution is 2.35. The van der Waals surface area contributed by atoms with Crippen LogP contribution in [0, 0.1) is 6.92 Å². The third-order valence-electron chi connectivity index (χ3n) is 5.27. The van der Waals surface area contributed by atoms with E-state index in [0.717, 1.165) is 12.8 Å². The van der Waals surface area contributed by atoms with Crippen LogP contribution in [0.2, 0.25) is 0 Å². The molecular formula is C21H23NO6. The zero-order valence-electron chi connectivity index (χ0n) is 16.0. The summed E-state index contributed by atoms with van der Waals surface area (Å²) in [4.78, 5) is 27.2. The van der Waals surface area contributed by atoms with Crippen LogP contribution in [0.1, 0.15) is 40.6 Å². The van der Waals surface area contributed by atoms with Crippen LogP contribution < -0.4 is 15.1 Å². The Morgan fingerprint density at radius 1 is 1.18 bits per heavy atom. The molecule has 2 aliphatic heterocycles. The van der Waals surface area contributed by atoms with Crippen molar-refractivity contribution >= 4 is 5.91 Å². The van der Waals surface area contributed by atoms with Crippen LogP contribution in [-0.2, 0) is 4.74 Å². The molecule has 2 aromatic rings. The monoisotopic (exact) mass is 385 g/mol. The molecule has 0 bridgehead atoms. The molecule has 2 aliphatic rings. The van der Waals surface area contributed by atoms with Crippen molar-refractivity contribution < 1.29 is 23.4 Å². The summed E-state index contributed by atoms with van der Waals surface area (Å²) in [5.41, 5.74) is 0.0145. The number of carbonyl (C=O) groups excluding carboxylic acids is 1. The van der Waals surface area contributed by atoms with Gasteiger partial charge in [0.1, 0.15) is 12.2 Å². The predicted octanol–water partition coefficient (Wildman–Crippen LogP) is 2.71. The fourth-order valence-electron chi connectivity index (χ4n) is 3.66. The molecule has 1 saturated heterocycles. The van der Waals surface area contributed by atoms with Crippen LogP contribution in [-0.4, -0.2) is 43.7 Å². The largest absolute Gasteiger partial charge is 0.485 e. The molecule has 1 fully saturated rings. The number of carbonyl (C=O) groups is 1. The first-order chi connectivity index (χ1) is 13.6. The number of aryl methyl sites for hydroxylation is 1. The molecule has 0 aliphatic carbocycles. The third-order valence-corrected chi connectivity index (χ3v) is 5.27. The van der Waals surface area contributed by atoms with Crippen molar-refractivity contribution in [3.63, 3.8) is 0 Å². The molecule has 0 radical (unpaired) electrons. The van der Waals surface area contributed by atoms with E-state index in [1.807, 2.05) is 18.2 Å². The van der Waals surface area contributed by atoms with E-state index in [2.05, 4.69) is 0 Å². The zero-order valence-corrected chi connectivity index (χ0v) is 16.0. The molecule has 28 heavy (non-hydrogen) atoms. The molecule has 4 rings (SSSR count). The number of para-hydroxylation sites is 2. The Morgan fingerprint density at radius 3 is 2.57 bits per heavy atom. The van der Waals surface area contributed by atoms with Crippen molar-refractivity contribution in [3.05, 3.63) is 57.6 Å². The molecule has 1 aromatic carbocycles. The summed E-state index contributed by atoms with van der Waals surface area (Å²) >= 11 is 0. The van der Waals surface area contributed by atoms with Gasteiger partial charge in [0.15, 0.2) is 23.4 Å². The minimum absolute atomic E-state index is 0.0803. The van der Waals surface area contributed by atoms with Gasteiger partial charge in [0.2, 0.25) is 0 Å². The molecule has 7 heteroatoms. The second-order valence-electron chi connectivity index (χ2n) is 7.09. The van der Waals surface area contributed by atoms with Crippen molar-refractivity contribution in [1.29, 1.82) is 0 Å². The van der Waals surface area contributed by atoms with Crippen molar-refractivity contribution in [2.75, 3.05) is 26.8 Å². The Morgan fingerprint density at radius 2 is 1.89 bits per heavy atom. The quantitative estimate of drug-likeness (QED) is 0.808. The van der Waals surface area contributed by atoms with Crippen LogP contribution >= 0.6 is 0 Å². The standard InChI is InChI=1S/C21H23NO6/c1-13-11-17(18-12-26-15-5-3-4-6-16(15)27-18)28-21(24)19(13)20(23)22-9-7-14(25-2)8-10-22/h3-6,11,14,18H,7-10,12H2,1-2H3. The summed E-state index contributed by atoms with van der Waals surface area (Å²) in [5, 5.41) is 0. The molecular weight excluding hydrogens is 362 g/mol. The van der Waals surface area contributed by atoms with Crippen LogP contribution in [0.15, 0.2) is 39.5 Å². The van der Waals surface area contributed by atoms with Gasteiger partial charge in [-0.2, -0.15) is 0 Å². The number of likely N-dealkylation sites (tertiary alicyclic amines) is 1. The minimum Gasteiger partial charge on any atom is -0.485 e. The molecule has 3 heterocycles. The summed E-state index contributed by atoms with van der Waals surface area (Å²) in [6.07, 6.45) is 1.15. The number of hydrogen-bond acceptors (Lipinski definition) is 6. The van der Waals surface area contributed by atoms with E-state index in [9.17, 15) is 9.59 Å². The summed E-state index contributed by atoms with van der Waals surface area (Å²) in [7, 11) is 1.68. The van der Waals surface area contributed by atoms with Crippen LogP contribution in [0.4, 0.5) is 0 Å². The zero-order chi connectivity index (χ0) is 19.7. The van der Waals surface area contributed by atoms with Crippen LogP contribution in [0.25, 0.3) is 0 Å². The normalized spacial score (nSPS) is 19.5. The molecule has 1 unspecified atom stereocenters. The smallest absolute Gasteiger partial charge is 0.349 e. The van der Waals surface area contributed by atoms with Gasteiger partial charge < -0.3 is 23.5 Å². The van der Waals surface area contributed by atoms with Crippen LogP contribution in [0.5, 0.6) is 11.5 Å². The molecule has 0 saturated carbocycles. The van der Waals surface area contributed by atoms with Crippen molar-refractivity contribution in [1.82, 2.24) is 4.90 Å². The first kappa shape index (κ1) is 18.6. The SMILES string of the molecule is COC1CCN(C(=O)c2c(C)cc(C3COc4ccccc4O3)oc2=O)CC1.